The van der Waals surface area contributed by atoms with Crippen molar-refractivity contribution >= 4 is 35.1 Å². The summed E-state index contributed by atoms with van der Waals surface area (Å²) in [5, 5.41) is 3.21. The number of nitrogens with zero attached hydrogens (tertiary/aromatic N) is 2. The van der Waals surface area contributed by atoms with E-state index < -0.39 is 29.4 Å². The van der Waals surface area contributed by atoms with Crippen LogP contribution in [0.25, 0.3) is 0 Å². The Bertz CT molecular complexity index is 1060. The predicted molar refractivity (Wildman–Crippen MR) is 114 cm³/mol. The van der Waals surface area contributed by atoms with Crippen molar-refractivity contribution in [3.63, 3.8) is 0 Å². The normalized spacial score (nSPS) is 17.7. The van der Waals surface area contributed by atoms with E-state index >= 15 is 0 Å². The summed E-state index contributed by atoms with van der Waals surface area (Å²) in [4.78, 5) is 53.1. The van der Waals surface area contributed by atoms with Gasteiger partial charge in [-0.1, -0.05) is 24.3 Å². The van der Waals surface area contributed by atoms with Gasteiger partial charge in [0.15, 0.2) is 0 Å². The molecule has 8 nitrogen and oxygen atoms in total. The average molecular weight is 421 g/mol. The van der Waals surface area contributed by atoms with Crippen LogP contribution in [0.3, 0.4) is 0 Å². The molecule has 2 aromatic rings. The van der Waals surface area contributed by atoms with Gasteiger partial charge >= 0.3 is 5.97 Å². The first-order chi connectivity index (χ1) is 14.7. The van der Waals surface area contributed by atoms with E-state index in [9.17, 15) is 19.2 Å². The minimum atomic E-state index is -1.07. The van der Waals surface area contributed by atoms with Crippen molar-refractivity contribution in [1.82, 2.24) is 4.90 Å². The molecule has 2 heterocycles. The third-order valence-corrected chi connectivity index (χ3v) is 5.53. The number of amides is 3. The number of fused-ring (bicyclic) bond motifs is 2. The summed E-state index contributed by atoms with van der Waals surface area (Å²) >= 11 is 0. The van der Waals surface area contributed by atoms with Crippen LogP contribution in [0.2, 0.25) is 0 Å². The molecule has 0 saturated carbocycles. The second kappa shape index (κ2) is 7.54. The summed E-state index contributed by atoms with van der Waals surface area (Å²) in [5.41, 5.74) is 1.27. The third-order valence-electron chi connectivity index (χ3n) is 5.53. The fourth-order valence-corrected chi connectivity index (χ4v) is 3.90. The fraction of sp³-hybridized carbons (Fsp3) is 0.304. The van der Waals surface area contributed by atoms with Crippen molar-refractivity contribution in [2.24, 2.45) is 0 Å². The highest BCUT2D eigenvalue weighted by Gasteiger charge is 2.42. The number of benzene rings is 2. The standard InChI is InChI=1S/C23H23N3O5/c1-14(26-19(27)15-8-4-5-9-16(15)20(26)28)21(29)31-13-12-25-18-11-7-6-10-17(18)24-23(2,3)22(25)30/h4-11,14,24H,12-13H2,1-3H3. The van der Waals surface area contributed by atoms with Gasteiger partial charge in [0.05, 0.1) is 29.0 Å². The van der Waals surface area contributed by atoms with Crippen molar-refractivity contribution in [2.75, 3.05) is 23.4 Å². The van der Waals surface area contributed by atoms with Gasteiger partial charge in [-0.05, 0) is 45.0 Å². The number of rotatable bonds is 5. The second-order valence-electron chi connectivity index (χ2n) is 8.09. The molecule has 2 aliphatic rings. The molecule has 4 rings (SSSR count). The largest absolute Gasteiger partial charge is 0.462 e. The maximum Gasteiger partial charge on any atom is 0.329 e. The number of esters is 1. The topological polar surface area (TPSA) is 96.0 Å². The number of ether oxygens (including phenoxy) is 1. The SMILES string of the molecule is CC(C(=O)OCCN1C(=O)C(C)(C)Nc2ccccc21)N1C(=O)c2ccccc2C1=O. The Morgan fingerprint density at radius 1 is 1.00 bits per heavy atom. The van der Waals surface area contributed by atoms with Crippen molar-refractivity contribution in [2.45, 2.75) is 32.4 Å². The van der Waals surface area contributed by atoms with E-state index in [2.05, 4.69) is 5.32 Å². The highest BCUT2D eigenvalue weighted by molar-refractivity contribution is 6.22. The van der Waals surface area contributed by atoms with Crippen LogP contribution in [-0.2, 0) is 14.3 Å². The van der Waals surface area contributed by atoms with Gasteiger partial charge < -0.3 is 15.0 Å². The molecule has 0 aromatic heterocycles. The van der Waals surface area contributed by atoms with Crippen LogP contribution in [0.4, 0.5) is 11.4 Å². The lowest BCUT2D eigenvalue weighted by molar-refractivity contribution is -0.147. The molecule has 0 radical (unpaired) electrons. The summed E-state index contributed by atoms with van der Waals surface area (Å²) in [6.07, 6.45) is 0. The van der Waals surface area contributed by atoms with E-state index in [0.717, 1.165) is 10.6 Å². The minimum Gasteiger partial charge on any atom is -0.462 e. The van der Waals surface area contributed by atoms with Crippen molar-refractivity contribution in [1.29, 1.82) is 0 Å². The molecular weight excluding hydrogens is 398 g/mol. The molecule has 0 saturated heterocycles. The number of imide groups is 1. The van der Waals surface area contributed by atoms with Gasteiger partial charge in [0.25, 0.3) is 17.7 Å². The van der Waals surface area contributed by atoms with Gasteiger partial charge in [0.2, 0.25) is 0 Å². The first-order valence-electron chi connectivity index (χ1n) is 10.0. The first-order valence-corrected chi connectivity index (χ1v) is 10.0. The van der Waals surface area contributed by atoms with E-state index in [1.54, 1.807) is 43.0 Å². The van der Waals surface area contributed by atoms with E-state index in [0.29, 0.717) is 5.69 Å². The quantitative estimate of drug-likeness (QED) is 0.589. The highest BCUT2D eigenvalue weighted by Crippen LogP contribution is 2.34. The maximum absolute atomic E-state index is 12.9. The third kappa shape index (κ3) is 3.43. The number of hydrogen-bond donors (Lipinski definition) is 1. The Hall–Kier alpha value is -3.68. The summed E-state index contributed by atoms with van der Waals surface area (Å²) in [6, 6.07) is 12.8. The average Bonchev–Trinajstić information content (AvgIpc) is 3.00. The molecule has 160 valence electrons. The number of anilines is 2. The molecule has 0 fully saturated rings. The van der Waals surface area contributed by atoms with Crippen LogP contribution in [-0.4, -0.2) is 53.3 Å². The van der Waals surface area contributed by atoms with Crippen LogP contribution in [0.15, 0.2) is 48.5 Å². The molecule has 31 heavy (non-hydrogen) atoms. The fourth-order valence-electron chi connectivity index (χ4n) is 3.90. The van der Waals surface area contributed by atoms with E-state index in [4.69, 9.17) is 4.74 Å². The van der Waals surface area contributed by atoms with Crippen LogP contribution < -0.4 is 10.2 Å². The van der Waals surface area contributed by atoms with Crippen molar-refractivity contribution in [3.8, 4) is 0 Å². The van der Waals surface area contributed by atoms with Gasteiger partial charge in [0, 0.05) is 0 Å². The summed E-state index contributed by atoms with van der Waals surface area (Å²) in [7, 11) is 0. The van der Waals surface area contributed by atoms with Crippen molar-refractivity contribution < 1.29 is 23.9 Å². The van der Waals surface area contributed by atoms with E-state index in [-0.39, 0.29) is 30.2 Å². The van der Waals surface area contributed by atoms with Gasteiger partial charge in [-0.15, -0.1) is 0 Å². The van der Waals surface area contributed by atoms with Crippen molar-refractivity contribution in [3.05, 3.63) is 59.7 Å². The highest BCUT2D eigenvalue weighted by atomic mass is 16.5. The lowest BCUT2D eigenvalue weighted by Crippen LogP contribution is -2.54. The summed E-state index contributed by atoms with van der Waals surface area (Å²) in [6.45, 7) is 5.12. The van der Waals surface area contributed by atoms with E-state index in [1.807, 2.05) is 24.3 Å². The zero-order chi connectivity index (χ0) is 22.3. The number of para-hydroxylation sites is 2. The van der Waals surface area contributed by atoms with Crippen LogP contribution in [0.1, 0.15) is 41.5 Å². The van der Waals surface area contributed by atoms with Gasteiger partial charge in [-0.25, -0.2) is 4.79 Å². The zero-order valence-electron chi connectivity index (χ0n) is 17.5. The minimum absolute atomic E-state index is 0.0670. The first kappa shape index (κ1) is 20.6. The molecule has 3 amide bonds. The van der Waals surface area contributed by atoms with Crippen LogP contribution >= 0.6 is 0 Å². The molecular formula is C23H23N3O5. The Kier molecular flexibility index (Phi) is 5.00. The molecule has 0 bridgehead atoms. The molecule has 2 aromatic carbocycles. The Morgan fingerprint density at radius 3 is 2.23 bits per heavy atom. The Balaban J connectivity index is 1.42. The molecule has 0 aliphatic carbocycles. The second-order valence-corrected chi connectivity index (χ2v) is 8.09. The Morgan fingerprint density at radius 2 is 1.58 bits per heavy atom. The van der Waals surface area contributed by atoms with Gasteiger partial charge in [-0.3, -0.25) is 19.3 Å². The summed E-state index contributed by atoms with van der Waals surface area (Å²) < 4.78 is 5.35. The zero-order valence-corrected chi connectivity index (χ0v) is 17.5. The predicted octanol–water partition coefficient (Wildman–Crippen LogP) is 2.45. The van der Waals surface area contributed by atoms with Crippen LogP contribution in [0.5, 0.6) is 0 Å². The molecule has 8 heteroatoms. The lowest BCUT2D eigenvalue weighted by atomic mass is 9.98. The molecule has 1 unspecified atom stereocenters. The molecule has 2 aliphatic heterocycles. The summed E-state index contributed by atoms with van der Waals surface area (Å²) in [5.74, 6) is -1.88. The number of carbonyl (C=O) groups is 4. The maximum atomic E-state index is 12.9. The van der Waals surface area contributed by atoms with Gasteiger partial charge in [0.1, 0.15) is 18.2 Å². The van der Waals surface area contributed by atoms with Gasteiger partial charge in [-0.2, -0.15) is 0 Å². The monoisotopic (exact) mass is 421 g/mol. The lowest BCUT2D eigenvalue weighted by Gasteiger charge is -2.39. The smallest absolute Gasteiger partial charge is 0.329 e. The number of hydrogen-bond acceptors (Lipinski definition) is 6. The molecule has 1 N–H and O–H groups in total. The molecule has 1 atom stereocenters. The van der Waals surface area contributed by atoms with E-state index in [1.165, 1.54) is 6.92 Å². The van der Waals surface area contributed by atoms with Crippen LogP contribution in [0, 0.1) is 0 Å². The Labute approximate surface area is 179 Å². The number of nitrogens with one attached hydrogen (secondary N) is 1. The molecule has 0 spiro atoms. The number of carbonyl (C=O) groups excluding carboxylic acids is 4.